The molecule has 1 aliphatic rings. The monoisotopic (exact) mass is 246 g/mol. The van der Waals surface area contributed by atoms with Crippen LogP contribution in [0.25, 0.3) is 0 Å². The molecule has 2 nitrogen and oxygen atoms in total. The van der Waals surface area contributed by atoms with E-state index in [4.69, 9.17) is 0 Å². The predicted molar refractivity (Wildman–Crippen MR) is 79.3 cm³/mol. The zero-order valence-electron chi connectivity index (χ0n) is 11.8. The number of rotatable bonds is 5. The van der Waals surface area contributed by atoms with Gasteiger partial charge in [-0.25, -0.2) is 0 Å². The van der Waals surface area contributed by atoms with E-state index in [2.05, 4.69) is 48.3 Å². The van der Waals surface area contributed by atoms with Crippen molar-refractivity contribution in [1.82, 2.24) is 5.32 Å². The maximum atomic E-state index is 3.61. The number of benzene rings is 1. The highest BCUT2D eigenvalue weighted by molar-refractivity contribution is 5.48. The number of aryl methyl sites for hydroxylation is 1. The maximum absolute atomic E-state index is 3.61. The van der Waals surface area contributed by atoms with Gasteiger partial charge in [-0.05, 0) is 30.5 Å². The van der Waals surface area contributed by atoms with Crippen LogP contribution in [0.5, 0.6) is 0 Å². The Labute approximate surface area is 111 Å². The number of nitrogens with zero attached hydrogens (tertiary/aromatic N) is 1. The first-order valence-corrected chi connectivity index (χ1v) is 7.40. The zero-order chi connectivity index (χ0) is 12.8. The normalized spacial score (nSPS) is 20.1. The van der Waals surface area contributed by atoms with Crippen LogP contribution in [0.1, 0.15) is 38.7 Å². The molecule has 1 aromatic carbocycles. The summed E-state index contributed by atoms with van der Waals surface area (Å²) < 4.78 is 0. The third-order valence-corrected chi connectivity index (χ3v) is 3.73. The van der Waals surface area contributed by atoms with Crippen LogP contribution in [0.15, 0.2) is 24.3 Å². The first-order valence-electron chi connectivity index (χ1n) is 7.40. The highest BCUT2D eigenvalue weighted by Gasteiger charge is 2.18. The fourth-order valence-corrected chi connectivity index (χ4v) is 2.76. The van der Waals surface area contributed by atoms with Crippen molar-refractivity contribution in [2.75, 3.05) is 24.5 Å². The van der Waals surface area contributed by atoms with Crippen molar-refractivity contribution in [1.29, 1.82) is 0 Å². The lowest BCUT2D eigenvalue weighted by Gasteiger charge is -2.35. The lowest BCUT2D eigenvalue weighted by atomic mass is 10.1. The Kier molecular flexibility index (Phi) is 5.06. The van der Waals surface area contributed by atoms with Crippen molar-refractivity contribution in [3.8, 4) is 0 Å². The first kappa shape index (κ1) is 13.4. The molecule has 1 unspecified atom stereocenters. The highest BCUT2D eigenvalue weighted by Crippen LogP contribution is 2.18. The Hall–Kier alpha value is -1.02. The number of nitrogens with one attached hydrogen (secondary N) is 1. The van der Waals surface area contributed by atoms with Crippen LogP contribution in [-0.4, -0.2) is 25.7 Å². The molecule has 0 saturated carbocycles. The van der Waals surface area contributed by atoms with E-state index in [0.717, 1.165) is 19.6 Å². The molecule has 100 valence electrons. The van der Waals surface area contributed by atoms with E-state index in [9.17, 15) is 0 Å². The standard InChI is InChI=1S/C16H26N2/c1-3-5-14-7-9-16(10-8-14)18-12-11-17-15(13-18)6-4-2/h7-10,15,17H,3-6,11-13H2,1-2H3. The average Bonchev–Trinajstić information content (AvgIpc) is 2.41. The summed E-state index contributed by atoms with van der Waals surface area (Å²) in [5.74, 6) is 0. The van der Waals surface area contributed by atoms with Crippen LogP contribution in [0.4, 0.5) is 5.69 Å². The van der Waals surface area contributed by atoms with Gasteiger partial charge in [-0.15, -0.1) is 0 Å². The molecule has 0 spiro atoms. The molecule has 1 saturated heterocycles. The van der Waals surface area contributed by atoms with Gasteiger partial charge in [0.15, 0.2) is 0 Å². The fourth-order valence-electron chi connectivity index (χ4n) is 2.76. The summed E-state index contributed by atoms with van der Waals surface area (Å²) in [6.45, 7) is 7.90. The molecule has 1 fully saturated rings. The van der Waals surface area contributed by atoms with E-state index in [1.165, 1.54) is 36.9 Å². The van der Waals surface area contributed by atoms with Gasteiger partial charge in [0.05, 0.1) is 0 Å². The van der Waals surface area contributed by atoms with E-state index in [1.54, 1.807) is 0 Å². The molecule has 1 aliphatic heterocycles. The second kappa shape index (κ2) is 6.79. The summed E-state index contributed by atoms with van der Waals surface area (Å²) in [4.78, 5) is 2.52. The summed E-state index contributed by atoms with van der Waals surface area (Å²) in [5.41, 5.74) is 2.85. The minimum Gasteiger partial charge on any atom is -0.369 e. The van der Waals surface area contributed by atoms with Crippen molar-refractivity contribution in [2.24, 2.45) is 0 Å². The Bertz CT molecular complexity index is 343. The number of piperazine rings is 1. The molecule has 0 amide bonds. The summed E-state index contributed by atoms with van der Waals surface area (Å²) in [7, 11) is 0. The molecule has 2 rings (SSSR count). The first-order chi connectivity index (χ1) is 8.83. The summed E-state index contributed by atoms with van der Waals surface area (Å²) in [6.07, 6.45) is 4.97. The van der Waals surface area contributed by atoms with Crippen molar-refractivity contribution in [2.45, 2.75) is 45.6 Å². The van der Waals surface area contributed by atoms with Gasteiger partial charge >= 0.3 is 0 Å². The van der Waals surface area contributed by atoms with E-state index in [0.29, 0.717) is 6.04 Å². The van der Waals surface area contributed by atoms with Crippen molar-refractivity contribution < 1.29 is 0 Å². The number of hydrogen-bond donors (Lipinski definition) is 1. The summed E-state index contributed by atoms with van der Waals surface area (Å²) in [6, 6.07) is 9.82. The predicted octanol–water partition coefficient (Wildman–Crippen LogP) is 3.22. The molecule has 2 heteroatoms. The second-order valence-electron chi connectivity index (χ2n) is 5.30. The Morgan fingerprint density at radius 1 is 1.17 bits per heavy atom. The maximum Gasteiger partial charge on any atom is 0.0367 e. The van der Waals surface area contributed by atoms with Crippen LogP contribution < -0.4 is 10.2 Å². The lowest BCUT2D eigenvalue weighted by molar-refractivity contribution is 0.431. The smallest absolute Gasteiger partial charge is 0.0367 e. The molecular weight excluding hydrogens is 220 g/mol. The van der Waals surface area contributed by atoms with E-state index in [-0.39, 0.29) is 0 Å². The summed E-state index contributed by atoms with van der Waals surface area (Å²) >= 11 is 0. The van der Waals surface area contributed by atoms with E-state index >= 15 is 0 Å². The fraction of sp³-hybridized carbons (Fsp3) is 0.625. The van der Waals surface area contributed by atoms with Crippen molar-refractivity contribution in [3.63, 3.8) is 0 Å². The van der Waals surface area contributed by atoms with Crippen LogP contribution in [0.2, 0.25) is 0 Å². The van der Waals surface area contributed by atoms with Gasteiger partial charge in [-0.1, -0.05) is 38.8 Å². The molecule has 0 radical (unpaired) electrons. The average molecular weight is 246 g/mol. The van der Waals surface area contributed by atoms with Gasteiger partial charge < -0.3 is 10.2 Å². The van der Waals surface area contributed by atoms with Crippen LogP contribution in [-0.2, 0) is 6.42 Å². The molecule has 1 N–H and O–H groups in total. The van der Waals surface area contributed by atoms with Gasteiger partial charge in [0, 0.05) is 31.4 Å². The molecule has 0 aromatic heterocycles. The van der Waals surface area contributed by atoms with Gasteiger partial charge in [0.25, 0.3) is 0 Å². The molecule has 0 bridgehead atoms. The summed E-state index contributed by atoms with van der Waals surface area (Å²) in [5, 5.41) is 3.61. The molecule has 1 atom stereocenters. The third kappa shape index (κ3) is 3.49. The van der Waals surface area contributed by atoms with Crippen molar-refractivity contribution in [3.05, 3.63) is 29.8 Å². The minimum absolute atomic E-state index is 0.666. The van der Waals surface area contributed by atoms with Gasteiger partial charge in [0.2, 0.25) is 0 Å². The van der Waals surface area contributed by atoms with Gasteiger partial charge in [-0.3, -0.25) is 0 Å². The molecule has 0 aliphatic carbocycles. The molecule has 18 heavy (non-hydrogen) atoms. The van der Waals surface area contributed by atoms with Crippen LogP contribution in [0.3, 0.4) is 0 Å². The quantitative estimate of drug-likeness (QED) is 0.858. The van der Waals surface area contributed by atoms with Gasteiger partial charge in [0.1, 0.15) is 0 Å². The van der Waals surface area contributed by atoms with Crippen LogP contribution in [0, 0.1) is 0 Å². The van der Waals surface area contributed by atoms with E-state index in [1.807, 2.05) is 0 Å². The van der Waals surface area contributed by atoms with E-state index < -0.39 is 0 Å². The Morgan fingerprint density at radius 2 is 1.94 bits per heavy atom. The molecule has 1 heterocycles. The zero-order valence-corrected chi connectivity index (χ0v) is 11.8. The minimum atomic E-state index is 0.666. The topological polar surface area (TPSA) is 15.3 Å². The number of hydrogen-bond acceptors (Lipinski definition) is 2. The molecular formula is C16H26N2. The largest absolute Gasteiger partial charge is 0.369 e. The Balaban J connectivity index is 1.97. The molecule has 1 aromatic rings. The highest BCUT2D eigenvalue weighted by atomic mass is 15.2. The Morgan fingerprint density at radius 3 is 2.61 bits per heavy atom. The van der Waals surface area contributed by atoms with Crippen molar-refractivity contribution >= 4 is 5.69 Å². The number of anilines is 1. The van der Waals surface area contributed by atoms with Gasteiger partial charge in [-0.2, -0.15) is 0 Å². The van der Waals surface area contributed by atoms with Crippen LogP contribution >= 0.6 is 0 Å². The lowest BCUT2D eigenvalue weighted by Crippen LogP contribution is -2.50. The third-order valence-electron chi connectivity index (χ3n) is 3.73. The second-order valence-corrected chi connectivity index (χ2v) is 5.30. The SMILES string of the molecule is CCCc1ccc(N2CCNC(CCC)C2)cc1.